The molecule has 0 amide bonds. The molecule has 2 N–H and O–H groups in total. The fraction of sp³-hybridized carbons (Fsp3) is 0.800. The standard InChI is InChI=1S/C15H27N3/c1-3-13-11-14(18(4-2)17-13)12-15(16)9-7-5-6-8-10-15/h11H,3-10,12,16H2,1-2H3. The Labute approximate surface area is 111 Å². The molecular formula is C15H27N3. The van der Waals surface area contributed by atoms with Crippen molar-refractivity contribution in [1.82, 2.24) is 9.78 Å². The van der Waals surface area contributed by atoms with Crippen LogP contribution in [0.5, 0.6) is 0 Å². The maximum Gasteiger partial charge on any atom is 0.0624 e. The van der Waals surface area contributed by atoms with Crippen LogP contribution in [0.3, 0.4) is 0 Å². The first-order chi connectivity index (χ1) is 8.67. The molecule has 0 spiro atoms. The van der Waals surface area contributed by atoms with Crippen molar-refractivity contribution in [3.63, 3.8) is 0 Å². The summed E-state index contributed by atoms with van der Waals surface area (Å²) in [6.45, 7) is 5.27. The highest BCUT2D eigenvalue weighted by molar-refractivity contribution is 5.14. The van der Waals surface area contributed by atoms with Crippen LogP contribution in [-0.4, -0.2) is 15.3 Å². The maximum atomic E-state index is 6.62. The van der Waals surface area contributed by atoms with Gasteiger partial charge in [-0.3, -0.25) is 4.68 Å². The molecule has 1 aromatic rings. The van der Waals surface area contributed by atoms with Crippen molar-refractivity contribution in [1.29, 1.82) is 0 Å². The van der Waals surface area contributed by atoms with Crippen molar-refractivity contribution in [2.45, 2.75) is 77.3 Å². The minimum atomic E-state index is 0.00840. The van der Waals surface area contributed by atoms with Gasteiger partial charge in [-0.1, -0.05) is 32.6 Å². The molecule has 1 saturated carbocycles. The van der Waals surface area contributed by atoms with Gasteiger partial charge in [0.15, 0.2) is 0 Å². The van der Waals surface area contributed by atoms with Gasteiger partial charge in [-0.25, -0.2) is 0 Å². The van der Waals surface area contributed by atoms with Gasteiger partial charge in [0, 0.05) is 24.2 Å². The van der Waals surface area contributed by atoms with Crippen molar-refractivity contribution in [3.8, 4) is 0 Å². The van der Waals surface area contributed by atoms with E-state index in [4.69, 9.17) is 5.73 Å². The van der Waals surface area contributed by atoms with E-state index < -0.39 is 0 Å². The Kier molecular flexibility index (Phi) is 4.44. The van der Waals surface area contributed by atoms with E-state index in [9.17, 15) is 0 Å². The van der Waals surface area contributed by atoms with Crippen LogP contribution >= 0.6 is 0 Å². The Morgan fingerprint density at radius 2 is 1.89 bits per heavy atom. The molecular weight excluding hydrogens is 222 g/mol. The normalized spacial score (nSPS) is 19.7. The zero-order valence-electron chi connectivity index (χ0n) is 11.9. The third-order valence-electron chi connectivity index (χ3n) is 4.21. The number of rotatable bonds is 4. The molecule has 3 nitrogen and oxygen atoms in total. The van der Waals surface area contributed by atoms with Crippen LogP contribution in [0.25, 0.3) is 0 Å². The van der Waals surface area contributed by atoms with E-state index in [2.05, 4.69) is 29.7 Å². The Morgan fingerprint density at radius 3 is 2.44 bits per heavy atom. The summed E-state index contributed by atoms with van der Waals surface area (Å²) in [6, 6.07) is 2.25. The quantitative estimate of drug-likeness (QED) is 0.833. The highest BCUT2D eigenvalue weighted by Gasteiger charge is 2.27. The van der Waals surface area contributed by atoms with E-state index in [1.807, 2.05) is 0 Å². The molecule has 1 aromatic heterocycles. The highest BCUT2D eigenvalue weighted by Crippen LogP contribution is 2.28. The molecule has 3 heteroatoms. The predicted molar refractivity (Wildman–Crippen MR) is 75.6 cm³/mol. The van der Waals surface area contributed by atoms with E-state index in [1.165, 1.54) is 49.9 Å². The van der Waals surface area contributed by atoms with Crippen molar-refractivity contribution < 1.29 is 0 Å². The summed E-state index contributed by atoms with van der Waals surface area (Å²) in [4.78, 5) is 0. The van der Waals surface area contributed by atoms with Gasteiger partial charge in [0.05, 0.1) is 5.69 Å². The van der Waals surface area contributed by atoms with Crippen molar-refractivity contribution >= 4 is 0 Å². The first-order valence-electron chi connectivity index (χ1n) is 7.51. The van der Waals surface area contributed by atoms with Gasteiger partial charge in [0.1, 0.15) is 0 Å². The summed E-state index contributed by atoms with van der Waals surface area (Å²) in [5.74, 6) is 0. The summed E-state index contributed by atoms with van der Waals surface area (Å²) in [6.07, 6.45) is 9.63. The van der Waals surface area contributed by atoms with E-state index in [1.54, 1.807) is 0 Å². The number of aromatic nitrogens is 2. The third-order valence-corrected chi connectivity index (χ3v) is 4.21. The molecule has 1 aliphatic rings. The minimum absolute atomic E-state index is 0.00840. The maximum absolute atomic E-state index is 6.62. The lowest BCUT2D eigenvalue weighted by Crippen LogP contribution is -2.42. The largest absolute Gasteiger partial charge is 0.325 e. The molecule has 102 valence electrons. The molecule has 18 heavy (non-hydrogen) atoms. The molecule has 0 bridgehead atoms. The van der Waals surface area contributed by atoms with E-state index in [0.29, 0.717) is 0 Å². The average Bonchev–Trinajstić information content (AvgIpc) is 2.62. The topological polar surface area (TPSA) is 43.8 Å². The van der Waals surface area contributed by atoms with Gasteiger partial charge in [0.2, 0.25) is 0 Å². The second kappa shape index (κ2) is 5.87. The van der Waals surface area contributed by atoms with Gasteiger partial charge in [-0.15, -0.1) is 0 Å². The van der Waals surface area contributed by atoms with Crippen LogP contribution in [-0.2, 0) is 19.4 Å². The van der Waals surface area contributed by atoms with Crippen LogP contribution < -0.4 is 5.73 Å². The molecule has 0 saturated heterocycles. The van der Waals surface area contributed by atoms with Crippen LogP contribution in [0.4, 0.5) is 0 Å². The van der Waals surface area contributed by atoms with Crippen LogP contribution in [0.2, 0.25) is 0 Å². The van der Waals surface area contributed by atoms with E-state index >= 15 is 0 Å². The lowest BCUT2D eigenvalue weighted by molar-refractivity contribution is 0.358. The molecule has 0 aromatic carbocycles. The fourth-order valence-electron chi connectivity index (χ4n) is 3.07. The monoisotopic (exact) mass is 249 g/mol. The van der Waals surface area contributed by atoms with Crippen LogP contribution in [0.15, 0.2) is 6.07 Å². The molecule has 0 atom stereocenters. The van der Waals surface area contributed by atoms with Crippen molar-refractivity contribution in [2.24, 2.45) is 5.73 Å². The number of nitrogens with zero attached hydrogens (tertiary/aromatic N) is 2. The van der Waals surface area contributed by atoms with Gasteiger partial charge in [-0.05, 0) is 32.3 Å². The second-order valence-corrected chi connectivity index (χ2v) is 5.75. The number of nitrogens with two attached hydrogens (primary N) is 1. The molecule has 0 aliphatic heterocycles. The smallest absolute Gasteiger partial charge is 0.0624 e. The predicted octanol–water partition coefficient (Wildman–Crippen LogP) is 3.06. The SMILES string of the molecule is CCc1cc(CC2(N)CCCCCC2)n(CC)n1. The number of hydrogen-bond donors (Lipinski definition) is 1. The lowest BCUT2D eigenvalue weighted by atomic mass is 9.86. The Hall–Kier alpha value is -0.830. The van der Waals surface area contributed by atoms with Crippen LogP contribution in [0, 0.1) is 0 Å². The zero-order valence-corrected chi connectivity index (χ0v) is 11.9. The first-order valence-corrected chi connectivity index (χ1v) is 7.51. The molecule has 2 rings (SSSR count). The number of hydrogen-bond acceptors (Lipinski definition) is 2. The molecule has 0 radical (unpaired) electrons. The molecule has 1 heterocycles. The summed E-state index contributed by atoms with van der Waals surface area (Å²) >= 11 is 0. The van der Waals surface area contributed by atoms with Gasteiger partial charge in [-0.2, -0.15) is 5.10 Å². The molecule has 0 unspecified atom stereocenters. The van der Waals surface area contributed by atoms with Crippen LogP contribution in [0.1, 0.15) is 63.8 Å². The summed E-state index contributed by atoms with van der Waals surface area (Å²) in [5, 5.41) is 4.63. The van der Waals surface area contributed by atoms with E-state index in [0.717, 1.165) is 19.4 Å². The van der Waals surface area contributed by atoms with Gasteiger partial charge >= 0.3 is 0 Å². The molecule has 1 aliphatic carbocycles. The summed E-state index contributed by atoms with van der Waals surface area (Å²) in [7, 11) is 0. The molecule has 1 fully saturated rings. The van der Waals surface area contributed by atoms with Gasteiger partial charge < -0.3 is 5.73 Å². The fourth-order valence-corrected chi connectivity index (χ4v) is 3.07. The summed E-state index contributed by atoms with van der Waals surface area (Å²) < 4.78 is 2.14. The second-order valence-electron chi connectivity index (χ2n) is 5.75. The van der Waals surface area contributed by atoms with Crippen molar-refractivity contribution in [3.05, 3.63) is 17.5 Å². The lowest BCUT2D eigenvalue weighted by Gasteiger charge is -2.28. The average molecular weight is 249 g/mol. The Bertz CT molecular complexity index is 373. The first kappa shape index (κ1) is 13.6. The van der Waals surface area contributed by atoms with Gasteiger partial charge in [0.25, 0.3) is 0 Å². The highest BCUT2D eigenvalue weighted by atomic mass is 15.3. The Balaban J connectivity index is 2.13. The minimum Gasteiger partial charge on any atom is -0.325 e. The van der Waals surface area contributed by atoms with E-state index in [-0.39, 0.29) is 5.54 Å². The summed E-state index contributed by atoms with van der Waals surface area (Å²) in [5.41, 5.74) is 9.16. The Morgan fingerprint density at radius 1 is 1.22 bits per heavy atom. The number of aryl methyl sites for hydroxylation is 2. The van der Waals surface area contributed by atoms with Crippen molar-refractivity contribution in [2.75, 3.05) is 0 Å². The third kappa shape index (κ3) is 3.14. The zero-order chi connectivity index (χ0) is 13.0.